The van der Waals surface area contributed by atoms with E-state index >= 15 is 0 Å². The van der Waals surface area contributed by atoms with Crippen LogP contribution in [0.3, 0.4) is 0 Å². The second-order valence-electron chi connectivity index (χ2n) is 31.1. The Kier molecular flexibility index (Phi) is 13.0. The van der Waals surface area contributed by atoms with Gasteiger partial charge in [0.2, 0.25) is 0 Å². The zero-order valence-corrected chi connectivity index (χ0v) is 55.5. The average molecular weight is 1190 g/mol. The summed E-state index contributed by atoms with van der Waals surface area (Å²) in [7, 11) is 0. The number of rotatable bonds is 7. The molecule has 2 aliphatic carbocycles. The van der Waals surface area contributed by atoms with Crippen molar-refractivity contribution >= 4 is 80.0 Å². The van der Waals surface area contributed by atoms with E-state index in [0.717, 1.165) is 25.7 Å². The summed E-state index contributed by atoms with van der Waals surface area (Å²) >= 11 is 0. The number of hydrogen-bond acceptors (Lipinski definition) is 4. The van der Waals surface area contributed by atoms with Gasteiger partial charge in [-0.2, -0.15) is 0 Å². The Morgan fingerprint density at radius 2 is 0.747 bits per heavy atom. The number of nitrogens with zero attached hydrogens (tertiary/aromatic N) is 4. The second kappa shape index (κ2) is 20.5. The van der Waals surface area contributed by atoms with Crippen LogP contribution < -0.4 is 36.0 Å². The van der Waals surface area contributed by atoms with E-state index in [1.54, 1.807) is 0 Å². The fraction of sp³-hybridized carbons (Fsp3) is 0.302. The van der Waals surface area contributed by atoms with Crippen molar-refractivity contribution in [3.8, 4) is 11.1 Å². The summed E-state index contributed by atoms with van der Waals surface area (Å²) in [5.74, 6) is 0. The van der Waals surface area contributed by atoms with Crippen molar-refractivity contribution in [3.05, 3.63) is 269 Å². The molecular weight excluding hydrogens is 1100 g/mol. The van der Waals surface area contributed by atoms with E-state index in [1.807, 2.05) is 0 Å². The highest BCUT2D eigenvalue weighted by Crippen LogP contribution is 2.66. The molecule has 4 unspecified atom stereocenters. The molecule has 16 rings (SSSR count). The Hall–Kier alpha value is -8.54. The minimum absolute atomic E-state index is 0.0224. The van der Waals surface area contributed by atoms with Gasteiger partial charge in [-0.15, -0.1) is 0 Å². The van der Waals surface area contributed by atoms with E-state index in [0.29, 0.717) is 0 Å². The molecule has 4 atom stereocenters. The lowest BCUT2D eigenvalue weighted by Gasteiger charge is -2.53. The number of fused-ring (bicyclic) bond motifs is 10. The molecule has 10 aromatic carbocycles. The molecule has 2 saturated carbocycles. The van der Waals surface area contributed by atoms with Crippen LogP contribution in [-0.2, 0) is 27.1 Å². The summed E-state index contributed by atoms with van der Waals surface area (Å²) < 4.78 is 0. The van der Waals surface area contributed by atoms with Crippen LogP contribution in [-0.4, -0.2) is 17.8 Å². The molecule has 6 aliphatic rings. The molecule has 5 heteroatoms. The molecular formula is C86H87BN4. The van der Waals surface area contributed by atoms with Crippen molar-refractivity contribution in [1.82, 2.24) is 0 Å². The Labute approximate surface area is 542 Å². The molecule has 0 amide bonds. The molecule has 4 aliphatic heterocycles. The first-order chi connectivity index (χ1) is 43.8. The first-order valence-corrected chi connectivity index (χ1v) is 34.0. The Morgan fingerprint density at radius 1 is 0.330 bits per heavy atom. The lowest BCUT2D eigenvalue weighted by molar-refractivity contribution is 0.215. The summed E-state index contributed by atoms with van der Waals surface area (Å²) in [5, 5.41) is 0. The minimum Gasteiger partial charge on any atom is -0.334 e. The van der Waals surface area contributed by atoms with Gasteiger partial charge in [-0.05, 0) is 189 Å². The van der Waals surface area contributed by atoms with E-state index in [-0.39, 0.29) is 44.9 Å². The summed E-state index contributed by atoms with van der Waals surface area (Å²) in [6, 6.07) is 90.9. The second-order valence-corrected chi connectivity index (χ2v) is 31.1. The van der Waals surface area contributed by atoms with Crippen LogP contribution >= 0.6 is 0 Å². The summed E-state index contributed by atoms with van der Waals surface area (Å²) in [6.45, 7) is 26.3. The van der Waals surface area contributed by atoms with Gasteiger partial charge >= 0.3 is 0 Å². The fourth-order valence-corrected chi connectivity index (χ4v) is 18.7. The van der Waals surface area contributed by atoms with Crippen LogP contribution in [0, 0.1) is 0 Å². The standard InChI is InChI=1S/C86H87BN4/c1-80(2,3)59-39-43-64(44-40-59)88-75-48-45-65(90-73-37-23-21-35-68(73)85(60-31-17-13-18-32-60)51-27-25-49-83(85,90)10)55-71(75)87-70-54-63(82(7,8)9)42-47-76(70)89(72-46-41-62(81(4,5)6)53-67(72)58-29-15-12-16-30-58)78-57-66(56-77(88)79(78)87)91-74-38-24-22-36-69(74)86(61-33-19-14-20-34-61)52-28-26-50-84(86,91)11/h12-24,29-48,53-57H,25-28,49-52H2,1-11H3. The fourth-order valence-electron chi connectivity index (χ4n) is 18.7. The largest absolute Gasteiger partial charge is 0.334 e. The van der Waals surface area contributed by atoms with Gasteiger partial charge in [0.05, 0.1) is 16.8 Å². The van der Waals surface area contributed by atoms with Crippen molar-refractivity contribution in [2.75, 3.05) is 19.6 Å². The number of para-hydroxylation sites is 2. The van der Waals surface area contributed by atoms with Crippen molar-refractivity contribution in [2.45, 2.75) is 166 Å². The first kappa shape index (κ1) is 57.6. The predicted octanol–water partition coefficient (Wildman–Crippen LogP) is 20.9. The predicted molar refractivity (Wildman–Crippen MR) is 387 cm³/mol. The van der Waals surface area contributed by atoms with Crippen LogP contribution in [0.25, 0.3) is 11.1 Å². The Balaban J connectivity index is 1.03. The van der Waals surface area contributed by atoms with E-state index < -0.39 is 0 Å². The zero-order valence-electron chi connectivity index (χ0n) is 55.5. The average Bonchev–Trinajstić information content (AvgIpc) is 1.63. The molecule has 0 aromatic heterocycles. The van der Waals surface area contributed by atoms with Crippen LogP contribution in [0.15, 0.2) is 231 Å². The molecule has 91 heavy (non-hydrogen) atoms. The van der Waals surface area contributed by atoms with Crippen LogP contribution in [0.1, 0.15) is 166 Å². The summed E-state index contributed by atoms with van der Waals surface area (Å²) in [5.41, 5.74) is 27.4. The van der Waals surface area contributed by atoms with Gasteiger partial charge in [0.15, 0.2) is 0 Å². The quantitative estimate of drug-likeness (QED) is 0.147. The van der Waals surface area contributed by atoms with E-state index in [9.17, 15) is 0 Å². The molecule has 0 N–H and O–H groups in total. The van der Waals surface area contributed by atoms with Gasteiger partial charge in [0, 0.05) is 67.6 Å². The van der Waals surface area contributed by atoms with Gasteiger partial charge < -0.3 is 19.6 Å². The van der Waals surface area contributed by atoms with Crippen LogP contribution in [0.5, 0.6) is 0 Å². The normalized spacial score (nSPS) is 22.2. The smallest absolute Gasteiger partial charge is 0.252 e. The zero-order chi connectivity index (χ0) is 62.6. The molecule has 4 nitrogen and oxygen atoms in total. The maximum Gasteiger partial charge on any atom is 0.252 e. The molecule has 10 aromatic rings. The first-order valence-electron chi connectivity index (χ1n) is 34.0. The van der Waals surface area contributed by atoms with E-state index in [1.165, 1.54) is 149 Å². The molecule has 0 spiro atoms. The molecule has 454 valence electrons. The van der Waals surface area contributed by atoms with Crippen LogP contribution in [0.2, 0.25) is 0 Å². The third kappa shape index (κ3) is 8.33. The van der Waals surface area contributed by atoms with Gasteiger partial charge in [0.1, 0.15) is 0 Å². The topological polar surface area (TPSA) is 13.0 Å². The third-order valence-corrected chi connectivity index (χ3v) is 23.1. The Bertz CT molecular complexity index is 4490. The van der Waals surface area contributed by atoms with Crippen molar-refractivity contribution < 1.29 is 0 Å². The van der Waals surface area contributed by atoms with Crippen molar-refractivity contribution in [1.29, 1.82) is 0 Å². The molecule has 0 saturated heterocycles. The number of hydrogen-bond donors (Lipinski definition) is 0. The SMILES string of the molecule is CC(C)(C)c1ccc(N2c3ccc(N4c5ccccc5C5(c6ccccc6)CCCCC45C)cc3B3c4cc(C(C)(C)C)ccc4N(c4ccc(C(C)(C)C)cc4-c4ccccc4)c4cc(N5c6ccccc6C6(c7ccccc7)CCCCC56C)cc2c43)cc1. The molecule has 4 heterocycles. The van der Waals surface area contributed by atoms with E-state index in [2.05, 4.69) is 326 Å². The van der Waals surface area contributed by atoms with Gasteiger partial charge in [-0.1, -0.05) is 246 Å². The van der Waals surface area contributed by atoms with Gasteiger partial charge in [-0.3, -0.25) is 0 Å². The van der Waals surface area contributed by atoms with Gasteiger partial charge in [0.25, 0.3) is 6.71 Å². The molecule has 2 fully saturated rings. The monoisotopic (exact) mass is 1190 g/mol. The maximum atomic E-state index is 2.84. The highest BCUT2D eigenvalue weighted by atomic mass is 15.3. The Morgan fingerprint density at radius 3 is 1.30 bits per heavy atom. The lowest BCUT2D eigenvalue weighted by atomic mass is 9.33. The van der Waals surface area contributed by atoms with E-state index in [4.69, 9.17) is 0 Å². The van der Waals surface area contributed by atoms with Gasteiger partial charge in [-0.25, -0.2) is 0 Å². The third-order valence-electron chi connectivity index (χ3n) is 23.1. The van der Waals surface area contributed by atoms with Crippen molar-refractivity contribution in [2.24, 2.45) is 0 Å². The lowest BCUT2D eigenvalue weighted by Crippen LogP contribution is -2.62. The number of benzene rings is 10. The summed E-state index contributed by atoms with van der Waals surface area (Å²) in [4.78, 5) is 11.1. The molecule has 0 radical (unpaired) electrons. The number of anilines is 10. The summed E-state index contributed by atoms with van der Waals surface area (Å²) in [6.07, 6.45) is 9.10. The van der Waals surface area contributed by atoms with Crippen LogP contribution in [0.4, 0.5) is 56.9 Å². The van der Waals surface area contributed by atoms with Crippen molar-refractivity contribution in [3.63, 3.8) is 0 Å². The molecule has 0 bridgehead atoms. The minimum atomic E-state index is -0.296. The highest BCUT2D eigenvalue weighted by Gasteiger charge is 2.63. The highest BCUT2D eigenvalue weighted by molar-refractivity contribution is 7.00. The maximum absolute atomic E-state index is 2.84.